The van der Waals surface area contributed by atoms with Crippen LogP contribution in [0.4, 0.5) is 4.79 Å². The summed E-state index contributed by atoms with van der Waals surface area (Å²) in [6.45, 7) is 5.48. The van der Waals surface area contributed by atoms with Crippen LogP contribution in [0.1, 0.15) is 46.5 Å². The van der Waals surface area contributed by atoms with Gasteiger partial charge in [0, 0.05) is 6.04 Å². The number of fused-ring (bicyclic) bond motifs is 2. The molecular formula is C13H21NO4. The Morgan fingerprint density at radius 1 is 1.22 bits per heavy atom. The van der Waals surface area contributed by atoms with Gasteiger partial charge in [-0.2, -0.15) is 0 Å². The second-order valence-corrected chi connectivity index (χ2v) is 6.10. The van der Waals surface area contributed by atoms with Crippen LogP contribution in [0.3, 0.4) is 0 Å². The molecule has 2 rings (SSSR count). The highest BCUT2D eigenvalue weighted by Crippen LogP contribution is 2.47. The Kier molecular flexibility index (Phi) is 3.03. The minimum Gasteiger partial charge on any atom is -0.467 e. The van der Waals surface area contributed by atoms with Crippen molar-refractivity contribution in [1.82, 2.24) is 4.90 Å². The summed E-state index contributed by atoms with van der Waals surface area (Å²) in [4.78, 5) is 25.9. The van der Waals surface area contributed by atoms with E-state index in [-0.39, 0.29) is 12.0 Å². The highest BCUT2D eigenvalue weighted by Gasteiger charge is 2.60. The fourth-order valence-corrected chi connectivity index (χ4v) is 3.06. The van der Waals surface area contributed by atoms with E-state index in [0.717, 1.165) is 12.8 Å². The number of nitrogens with zero attached hydrogens (tertiary/aromatic N) is 1. The van der Waals surface area contributed by atoms with E-state index >= 15 is 0 Å². The van der Waals surface area contributed by atoms with Gasteiger partial charge in [0.15, 0.2) is 0 Å². The zero-order valence-electron chi connectivity index (χ0n) is 11.5. The summed E-state index contributed by atoms with van der Waals surface area (Å²) in [6.07, 6.45) is 2.68. The second kappa shape index (κ2) is 4.14. The lowest BCUT2D eigenvalue weighted by Gasteiger charge is -2.33. The molecule has 0 spiro atoms. The molecule has 102 valence electrons. The zero-order valence-corrected chi connectivity index (χ0v) is 11.5. The lowest BCUT2D eigenvalue weighted by Crippen LogP contribution is -2.52. The second-order valence-electron chi connectivity index (χ2n) is 6.10. The third-order valence-electron chi connectivity index (χ3n) is 3.76. The van der Waals surface area contributed by atoms with Crippen molar-refractivity contribution < 1.29 is 19.1 Å². The topological polar surface area (TPSA) is 55.8 Å². The Hall–Kier alpha value is -1.26. The molecule has 2 bridgehead atoms. The van der Waals surface area contributed by atoms with Gasteiger partial charge in [-0.15, -0.1) is 0 Å². The molecular weight excluding hydrogens is 234 g/mol. The average molecular weight is 255 g/mol. The van der Waals surface area contributed by atoms with Crippen LogP contribution in [-0.2, 0) is 14.3 Å². The van der Waals surface area contributed by atoms with E-state index in [9.17, 15) is 9.59 Å². The molecule has 0 aliphatic carbocycles. The third kappa shape index (κ3) is 1.95. The molecule has 0 aromatic heterocycles. The summed E-state index contributed by atoms with van der Waals surface area (Å²) < 4.78 is 10.3. The molecule has 0 radical (unpaired) electrons. The molecule has 2 fully saturated rings. The zero-order chi connectivity index (χ0) is 13.6. The smallest absolute Gasteiger partial charge is 0.411 e. The molecule has 0 N–H and O–H groups in total. The first kappa shape index (κ1) is 13.2. The number of esters is 1. The molecule has 0 atom stereocenters. The number of carbonyl (C=O) groups is 2. The largest absolute Gasteiger partial charge is 0.467 e. The van der Waals surface area contributed by atoms with Crippen molar-refractivity contribution in [2.24, 2.45) is 0 Å². The summed E-state index contributed by atoms with van der Waals surface area (Å²) in [5.41, 5.74) is -1.32. The molecule has 0 unspecified atom stereocenters. The quantitative estimate of drug-likeness (QED) is 0.673. The molecule has 5 heteroatoms. The molecule has 0 aromatic rings. The fraction of sp³-hybridized carbons (Fsp3) is 0.846. The lowest BCUT2D eigenvalue weighted by molar-refractivity contribution is -0.152. The van der Waals surface area contributed by atoms with Crippen molar-refractivity contribution in [2.75, 3.05) is 7.11 Å². The highest BCUT2D eigenvalue weighted by atomic mass is 16.6. The van der Waals surface area contributed by atoms with Crippen LogP contribution < -0.4 is 0 Å². The number of carbonyl (C=O) groups excluding carboxylic acids is 2. The summed E-state index contributed by atoms with van der Waals surface area (Å²) in [5.74, 6) is -0.312. The van der Waals surface area contributed by atoms with Crippen LogP contribution in [0.25, 0.3) is 0 Å². The monoisotopic (exact) mass is 255 g/mol. The van der Waals surface area contributed by atoms with Gasteiger partial charge in [-0.3, -0.25) is 4.90 Å². The predicted molar refractivity (Wildman–Crippen MR) is 65.1 cm³/mol. The van der Waals surface area contributed by atoms with Gasteiger partial charge in [0.2, 0.25) is 0 Å². The van der Waals surface area contributed by atoms with E-state index in [4.69, 9.17) is 9.47 Å². The van der Waals surface area contributed by atoms with E-state index in [2.05, 4.69) is 0 Å². The minimum atomic E-state index is -0.776. The summed E-state index contributed by atoms with van der Waals surface area (Å²) in [6, 6.07) is 0.124. The maximum atomic E-state index is 12.2. The van der Waals surface area contributed by atoms with Gasteiger partial charge in [0.1, 0.15) is 11.1 Å². The van der Waals surface area contributed by atoms with Gasteiger partial charge in [-0.1, -0.05) is 0 Å². The lowest BCUT2D eigenvalue weighted by atomic mass is 9.88. The van der Waals surface area contributed by atoms with Crippen molar-refractivity contribution >= 4 is 12.1 Å². The Morgan fingerprint density at radius 2 is 1.78 bits per heavy atom. The van der Waals surface area contributed by atoms with Gasteiger partial charge in [0.25, 0.3) is 0 Å². The summed E-state index contributed by atoms with van der Waals surface area (Å²) >= 11 is 0. The summed E-state index contributed by atoms with van der Waals surface area (Å²) in [7, 11) is 1.37. The molecule has 2 aliphatic heterocycles. The number of methoxy groups -OCH3 is 1. The Labute approximate surface area is 107 Å². The minimum absolute atomic E-state index is 0.124. The first-order valence-corrected chi connectivity index (χ1v) is 6.41. The molecule has 2 saturated heterocycles. The highest BCUT2D eigenvalue weighted by molar-refractivity contribution is 5.87. The molecule has 2 aliphatic rings. The molecule has 2 heterocycles. The van der Waals surface area contributed by atoms with E-state index in [1.807, 2.05) is 20.8 Å². The first-order valence-electron chi connectivity index (χ1n) is 6.41. The maximum absolute atomic E-state index is 12.2. The van der Waals surface area contributed by atoms with Crippen molar-refractivity contribution in [1.29, 1.82) is 0 Å². The van der Waals surface area contributed by atoms with Crippen LogP contribution >= 0.6 is 0 Å². The third-order valence-corrected chi connectivity index (χ3v) is 3.76. The van der Waals surface area contributed by atoms with E-state index in [1.54, 1.807) is 4.90 Å². The van der Waals surface area contributed by atoms with Gasteiger partial charge in [-0.25, -0.2) is 9.59 Å². The predicted octanol–water partition coefficient (Wildman–Crippen LogP) is 2.09. The Balaban J connectivity index is 2.22. The van der Waals surface area contributed by atoms with Crippen molar-refractivity contribution in [2.45, 2.75) is 63.6 Å². The molecule has 0 aromatic carbocycles. The molecule has 0 saturated carbocycles. The molecule has 18 heavy (non-hydrogen) atoms. The van der Waals surface area contributed by atoms with Crippen molar-refractivity contribution in [3.63, 3.8) is 0 Å². The number of hydrogen-bond donors (Lipinski definition) is 0. The fourth-order valence-electron chi connectivity index (χ4n) is 3.06. The van der Waals surface area contributed by atoms with Crippen LogP contribution in [0, 0.1) is 0 Å². The van der Waals surface area contributed by atoms with Crippen molar-refractivity contribution in [3.05, 3.63) is 0 Å². The SMILES string of the molecule is COC(=O)[C@]12CC[C@H](CC1)N2C(=O)OC(C)(C)C. The number of ether oxygens (including phenoxy) is 2. The maximum Gasteiger partial charge on any atom is 0.411 e. The van der Waals surface area contributed by atoms with Crippen molar-refractivity contribution in [3.8, 4) is 0 Å². The van der Waals surface area contributed by atoms with E-state index < -0.39 is 17.2 Å². The molecule has 5 nitrogen and oxygen atoms in total. The van der Waals surface area contributed by atoms with Crippen LogP contribution in [0.5, 0.6) is 0 Å². The first-order chi connectivity index (χ1) is 8.30. The Bertz CT molecular complexity index is 364. The van der Waals surface area contributed by atoms with Crippen LogP contribution in [0.2, 0.25) is 0 Å². The van der Waals surface area contributed by atoms with Gasteiger partial charge in [0.05, 0.1) is 7.11 Å². The number of hydrogen-bond acceptors (Lipinski definition) is 4. The standard InChI is InChI=1S/C13H21NO4/c1-12(2,3)18-11(16)14-9-5-7-13(14,8-6-9)10(15)17-4/h9H,5-8H2,1-4H3/t9-,13+. The van der Waals surface area contributed by atoms with Gasteiger partial charge < -0.3 is 9.47 Å². The van der Waals surface area contributed by atoms with E-state index in [1.165, 1.54) is 7.11 Å². The normalized spacial score (nSPS) is 30.4. The van der Waals surface area contributed by atoms with Crippen LogP contribution in [-0.4, -0.2) is 41.3 Å². The molecule has 1 amide bonds. The number of rotatable bonds is 1. The van der Waals surface area contributed by atoms with E-state index in [0.29, 0.717) is 12.8 Å². The van der Waals surface area contributed by atoms with Gasteiger partial charge in [-0.05, 0) is 46.5 Å². The Morgan fingerprint density at radius 3 is 2.22 bits per heavy atom. The average Bonchev–Trinajstić information content (AvgIpc) is 2.81. The summed E-state index contributed by atoms with van der Waals surface area (Å²) in [5, 5.41) is 0. The van der Waals surface area contributed by atoms with Gasteiger partial charge >= 0.3 is 12.1 Å². The number of amides is 1. The van der Waals surface area contributed by atoms with Crippen LogP contribution in [0.15, 0.2) is 0 Å².